The van der Waals surface area contributed by atoms with E-state index >= 15 is 0 Å². The first-order chi connectivity index (χ1) is 17.8. The Kier molecular flexibility index (Phi) is 6.39. The number of pyridine rings is 2. The number of aromatic nitrogens is 2. The van der Waals surface area contributed by atoms with E-state index in [0.29, 0.717) is 5.56 Å². The van der Waals surface area contributed by atoms with Crippen LogP contribution in [0.1, 0.15) is 20.8 Å². The van der Waals surface area contributed by atoms with Crippen LogP contribution in [0.15, 0.2) is 95.7 Å². The molecule has 0 unspecified atom stereocenters. The molecule has 3 aromatic carbocycles. The Morgan fingerprint density at radius 2 is 1.66 bits per heavy atom. The molecule has 0 aliphatic carbocycles. The molecule has 0 amide bonds. The van der Waals surface area contributed by atoms with Gasteiger partial charge in [-0.2, -0.15) is 0 Å². The first-order valence-corrected chi connectivity index (χ1v) is 11.0. The number of rotatable bonds is 2. The summed E-state index contributed by atoms with van der Waals surface area (Å²) < 4.78 is 28.1. The van der Waals surface area contributed by atoms with Crippen molar-refractivity contribution in [3.63, 3.8) is 0 Å². The van der Waals surface area contributed by atoms with Gasteiger partial charge in [0.2, 0.25) is 0 Å². The maximum atomic E-state index is 7.37. The maximum absolute atomic E-state index is 7.37. The van der Waals surface area contributed by atoms with Crippen molar-refractivity contribution in [2.24, 2.45) is 0 Å². The monoisotopic (exact) mass is 636 g/mol. The average molecular weight is 636 g/mol. The Morgan fingerprint density at radius 1 is 0.800 bits per heavy atom. The maximum Gasteiger partial charge on any atom is 0.120 e. The molecule has 3 aromatic heterocycles. The molecule has 0 aliphatic heterocycles. The fraction of sp³-hybridized carbons (Fsp3) is 0.0968. The van der Waals surface area contributed by atoms with Crippen LogP contribution in [0.3, 0.4) is 0 Å². The van der Waals surface area contributed by atoms with Crippen LogP contribution in [0.2, 0.25) is 0 Å². The van der Waals surface area contributed by atoms with Crippen LogP contribution in [-0.4, -0.2) is 9.97 Å². The Morgan fingerprint density at radius 3 is 2.43 bits per heavy atom. The number of benzene rings is 3. The Hall–Kier alpha value is -3.59. The molecule has 0 N–H and O–H groups in total. The van der Waals surface area contributed by atoms with E-state index in [4.69, 9.17) is 8.53 Å². The molecule has 4 heteroatoms. The largest absolute Gasteiger partial charge is 0.501 e. The summed E-state index contributed by atoms with van der Waals surface area (Å²) >= 11 is 0. The topological polar surface area (TPSA) is 38.9 Å². The fourth-order valence-electron chi connectivity index (χ4n) is 3.81. The third kappa shape index (κ3) is 5.24. The predicted octanol–water partition coefficient (Wildman–Crippen LogP) is 7.92. The van der Waals surface area contributed by atoms with Gasteiger partial charge in [0.1, 0.15) is 5.58 Å². The molecule has 6 aromatic rings. The van der Waals surface area contributed by atoms with Crippen LogP contribution < -0.4 is 0 Å². The summed E-state index contributed by atoms with van der Waals surface area (Å²) in [5, 5.41) is 2.24. The Balaban J connectivity index is 0.000000175. The molecule has 0 bridgehead atoms. The molecule has 0 atom stereocenters. The van der Waals surface area contributed by atoms with Gasteiger partial charge in [0.15, 0.2) is 0 Å². The van der Waals surface area contributed by atoms with Crippen LogP contribution in [0.4, 0.5) is 0 Å². The summed E-state index contributed by atoms with van der Waals surface area (Å²) in [6.45, 7) is 1.75. The van der Waals surface area contributed by atoms with E-state index in [0.717, 1.165) is 50.0 Å². The molecule has 1 radical (unpaired) electrons. The summed E-state index contributed by atoms with van der Waals surface area (Å²) in [7, 11) is 0. The van der Waals surface area contributed by atoms with E-state index in [-0.39, 0.29) is 20.1 Å². The summed E-state index contributed by atoms with van der Waals surface area (Å²) in [6, 6.07) is 31.7. The summed E-state index contributed by atoms with van der Waals surface area (Å²) in [5.74, 6) is 0. The first-order valence-electron chi connectivity index (χ1n) is 12.5. The first kappa shape index (κ1) is 20.8. The van der Waals surface area contributed by atoms with E-state index in [2.05, 4.69) is 41.2 Å². The second kappa shape index (κ2) is 10.8. The zero-order valence-corrected chi connectivity index (χ0v) is 21.7. The van der Waals surface area contributed by atoms with Gasteiger partial charge in [-0.25, -0.2) is 0 Å². The van der Waals surface area contributed by atoms with Crippen molar-refractivity contribution in [2.45, 2.75) is 20.7 Å². The van der Waals surface area contributed by atoms with Crippen LogP contribution in [-0.2, 0) is 20.1 Å². The van der Waals surface area contributed by atoms with Crippen molar-refractivity contribution < 1.29 is 28.6 Å². The van der Waals surface area contributed by atoms with E-state index in [1.165, 1.54) is 11.8 Å². The molecule has 175 valence electrons. The Labute approximate surface area is 223 Å². The minimum Gasteiger partial charge on any atom is -0.501 e. The van der Waals surface area contributed by atoms with Gasteiger partial charge in [0.25, 0.3) is 0 Å². The van der Waals surface area contributed by atoms with Gasteiger partial charge in [0, 0.05) is 42.0 Å². The standard InChI is InChI=1S/C18H12NO.C13H12N.Ir/c1-12-9-10-19-16(11-12)15-7-4-6-14-13-5-2-3-8-17(13)20-18(14)15;1-10-8-13(14-9-11(10)2)12-6-4-3-5-7-12;/h2-6,8-11H,1H3;3-6,8-9H,1-2H3;/q2*-1;/i;2D3;. The fourth-order valence-corrected chi connectivity index (χ4v) is 3.81. The number of hydrogen-bond acceptors (Lipinski definition) is 3. The van der Waals surface area contributed by atoms with E-state index in [1.807, 2.05) is 66.9 Å². The minimum atomic E-state index is -2.10. The summed E-state index contributed by atoms with van der Waals surface area (Å²) in [4.78, 5) is 8.62. The molecule has 0 saturated heterocycles. The Bertz CT molecular complexity index is 1700. The predicted molar refractivity (Wildman–Crippen MR) is 139 cm³/mol. The zero-order valence-electron chi connectivity index (χ0n) is 22.3. The van der Waals surface area contributed by atoms with Crippen molar-refractivity contribution in [1.29, 1.82) is 0 Å². The smallest absolute Gasteiger partial charge is 0.120 e. The number of para-hydroxylation sites is 1. The van der Waals surface area contributed by atoms with Crippen molar-refractivity contribution >= 4 is 21.9 Å². The minimum absolute atomic E-state index is 0. The molecule has 35 heavy (non-hydrogen) atoms. The molecule has 0 spiro atoms. The summed E-state index contributed by atoms with van der Waals surface area (Å²) in [6.07, 6.45) is 3.25. The van der Waals surface area contributed by atoms with Crippen LogP contribution in [0, 0.1) is 32.8 Å². The molecule has 0 saturated carbocycles. The van der Waals surface area contributed by atoms with E-state index in [1.54, 1.807) is 13.0 Å². The van der Waals surface area contributed by atoms with Crippen molar-refractivity contribution in [3.05, 3.63) is 120 Å². The summed E-state index contributed by atoms with van der Waals surface area (Å²) in [5.41, 5.74) is 7.39. The molecule has 3 nitrogen and oxygen atoms in total. The number of aryl methyl sites for hydroxylation is 3. The molecule has 0 fully saturated rings. The van der Waals surface area contributed by atoms with Crippen LogP contribution in [0.25, 0.3) is 44.5 Å². The van der Waals surface area contributed by atoms with Gasteiger partial charge >= 0.3 is 0 Å². The van der Waals surface area contributed by atoms with Gasteiger partial charge in [0.05, 0.1) is 5.58 Å². The van der Waals surface area contributed by atoms with Gasteiger partial charge in [-0.3, -0.25) is 0 Å². The zero-order chi connectivity index (χ0) is 26.0. The van der Waals surface area contributed by atoms with Gasteiger partial charge in [-0.05, 0) is 49.8 Å². The van der Waals surface area contributed by atoms with Crippen molar-refractivity contribution in [2.75, 3.05) is 0 Å². The molecule has 3 heterocycles. The van der Waals surface area contributed by atoms with Gasteiger partial charge in [-0.1, -0.05) is 52.4 Å². The van der Waals surface area contributed by atoms with Gasteiger partial charge in [-0.15, -0.1) is 54.1 Å². The molecular formula is C31H24IrN2O-2. The number of fused-ring (bicyclic) bond motifs is 3. The van der Waals surface area contributed by atoms with Crippen molar-refractivity contribution in [3.8, 4) is 22.5 Å². The number of hydrogen-bond donors (Lipinski definition) is 0. The SMILES string of the molecule is Cc1ccnc(-c2[c-]ccc3c2oc2ccccc23)c1.[2H]C([2H])([2H])c1cnc(-c2[c-]cccc2)cc1C.[Ir]. The molecule has 6 rings (SSSR count). The molecular weight excluding hydrogens is 609 g/mol. The third-order valence-corrected chi connectivity index (χ3v) is 5.61. The van der Waals surface area contributed by atoms with Crippen LogP contribution >= 0.6 is 0 Å². The average Bonchev–Trinajstić information content (AvgIpc) is 3.28. The van der Waals surface area contributed by atoms with Crippen LogP contribution in [0.5, 0.6) is 0 Å². The second-order valence-electron chi connectivity index (χ2n) is 8.07. The quantitative estimate of drug-likeness (QED) is 0.182. The number of furan rings is 1. The van der Waals surface area contributed by atoms with Gasteiger partial charge < -0.3 is 14.4 Å². The normalized spacial score (nSPS) is 12.1. The number of nitrogens with zero attached hydrogens (tertiary/aromatic N) is 2. The second-order valence-corrected chi connectivity index (χ2v) is 8.07. The molecule has 0 aliphatic rings. The van der Waals surface area contributed by atoms with E-state index in [9.17, 15) is 0 Å². The third-order valence-electron chi connectivity index (χ3n) is 5.61. The van der Waals surface area contributed by atoms with Crippen molar-refractivity contribution in [1.82, 2.24) is 9.97 Å². The van der Waals surface area contributed by atoms with E-state index < -0.39 is 6.85 Å².